The van der Waals surface area contributed by atoms with Gasteiger partial charge < -0.3 is 25.1 Å². The Bertz CT molecular complexity index is 572. The standard InChI is InChI=1S/C12H17N3O5/c1-12(2)19-8-6(5-16)18-10(9(8)20-12)15-4-3-7(13)14-11(15)17/h3-4,6,8-10,16H,5H2,1-2H3,(H2,13,14,17)/t6-,8-,9-,10+/m1/s1. The van der Waals surface area contributed by atoms with Crippen molar-refractivity contribution >= 4 is 5.82 Å². The van der Waals surface area contributed by atoms with Gasteiger partial charge in [-0.15, -0.1) is 0 Å². The normalized spacial score (nSPS) is 35.1. The number of ether oxygens (including phenoxy) is 3. The molecule has 0 bridgehead atoms. The molecule has 3 heterocycles. The van der Waals surface area contributed by atoms with Gasteiger partial charge in [-0.3, -0.25) is 4.57 Å². The van der Waals surface area contributed by atoms with Crippen LogP contribution in [0.5, 0.6) is 0 Å². The largest absolute Gasteiger partial charge is 0.394 e. The lowest BCUT2D eigenvalue weighted by molar-refractivity contribution is -0.200. The van der Waals surface area contributed by atoms with E-state index in [0.29, 0.717) is 0 Å². The molecular formula is C12H17N3O5. The lowest BCUT2D eigenvalue weighted by Gasteiger charge is -2.24. The van der Waals surface area contributed by atoms with E-state index >= 15 is 0 Å². The fraction of sp³-hybridized carbons (Fsp3) is 0.667. The average molecular weight is 283 g/mol. The van der Waals surface area contributed by atoms with Crippen LogP contribution in [-0.4, -0.2) is 45.4 Å². The van der Waals surface area contributed by atoms with E-state index in [1.54, 1.807) is 13.8 Å². The Labute approximate surface area is 115 Å². The third-order valence-electron chi connectivity index (χ3n) is 3.43. The smallest absolute Gasteiger partial charge is 0.351 e. The van der Waals surface area contributed by atoms with Crippen molar-refractivity contribution < 1.29 is 19.3 Å². The van der Waals surface area contributed by atoms with Crippen molar-refractivity contribution in [3.05, 3.63) is 22.7 Å². The molecule has 1 aromatic rings. The fourth-order valence-electron chi connectivity index (χ4n) is 2.65. The minimum atomic E-state index is -0.782. The Morgan fingerprint density at radius 1 is 1.45 bits per heavy atom. The summed E-state index contributed by atoms with van der Waals surface area (Å²) in [6.45, 7) is 3.34. The van der Waals surface area contributed by atoms with Crippen LogP contribution >= 0.6 is 0 Å². The molecule has 3 rings (SSSR count). The zero-order valence-corrected chi connectivity index (χ0v) is 11.2. The predicted molar refractivity (Wildman–Crippen MR) is 67.7 cm³/mol. The molecular weight excluding hydrogens is 266 g/mol. The Hall–Kier alpha value is -1.48. The summed E-state index contributed by atoms with van der Waals surface area (Å²) in [5.41, 5.74) is 4.94. The minimum absolute atomic E-state index is 0.142. The molecule has 2 fully saturated rings. The molecule has 2 aliphatic rings. The molecule has 4 atom stereocenters. The third-order valence-corrected chi connectivity index (χ3v) is 3.43. The SMILES string of the molecule is CC1(C)O[C@@H]2[C@H](O1)[C@@H](CO)O[C@@H]2n1ccc(N)nc1=O. The van der Waals surface area contributed by atoms with Crippen LogP contribution in [0, 0.1) is 0 Å². The highest BCUT2D eigenvalue weighted by Crippen LogP contribution is 2.42. The van der Waals surface area contributed by atoms with Crippen LogP contribution < -0.4 is 11.4 Å². The Morgan fingerprint density at radius 3 is 2.80 bits per heavy atom. The molecule has 2 aliphatic heterocycles. The van der Waals surface area contributed by atoms with Gasteiger partial charge in [0.25, 0.3) is 0 Å². The van der Waals surface area contributed by atoms with Gasteiger partial charge in [-0.1, -0.05) is 0 Å². The third kappa shape index (κ3) is 2.10. The van der Waals surface area contributed by atoms with Crippen molar-refractivity contribution in [2.45, 2.75) is 44.2 Å². The summed E-state index contributed by atoms with van der Waals surface area (Å²) >= 11 is 0. The zero-order chi connectivity index (χ0) is 14.5. The Balaban J connectivity index is 1.96. The van der Waals surface area contributed by atoms with Crippen LogP contribution in [0.1, 0.15) is 20.1 Å². The van der Waals surface area contributed by atoms with E-state index in [2.05, 4.69) is 4.98 Å². The van der Waals surface area contributed by atoms with E-state index in [-0.39, 0.29) is 12.4 Å². The van der Waals surface area contributed by atoms with Crippen molar-refractivity contribution in [2.75, 3.05) is 12.3 Å². The van der Waals surface area contributed by atoms with E-state index in [4.69, 9.17) is 19.9 Å². The molecule has 8 heteroatoms. The van der Waals surface area contributed by atoms with Gasteiger partial charge in [-0.05, 0) is 19.9 Å². The number of anilines is 1. The van der Waals surface area contributed by atoms with Gasteiger partial charge in [0.15, 0.2) is 12.0 Å². The van der Waals surface area contributed by atoms with Crippen LogP contribution in [0.2, 0.25) is 0 Å². The summed E-state index contributed by atoms with van der Waals surface area (Å²) < 4.78 is 18.5. The van der Waals surface area contributed by atoms with Crippen molar-refractivity contribution in [1.82, 2.24) is 9.55 Å². The monoisotopic (exact) mass is 283 g/mol. The fourth-order valence-corrected chi connectivity index (χ4v) is 2.65. The van der Waals surface area contributed by atoms with E-state index < -0.39 is 36.0 Å². The number of aromatic nitrogens is 2. The van der Waals surface area contributed by atoms with Gasteiger partial charge in [0.05, 0.1) is 6.61 Å². The highest BCUT2D eigenvalue weighted by atomic mass is 16.8. The van der Waals surface area contributed by atoms with Crippen LogP contribution in [0.25, 0.3) is 0 Å². The topological polar surface area (TPSA) is 109 Å². The molecule has 8 nitrogen and oxygen atoms in total. The maximum absolute atomic E-state index is 11.9. The highest BCUT2D eigenvalue weighted by molar-refractivity contribution is 5.23. The van der Waals surface area contributed by atoms with Gasteiger partial charge in [-0.25, -0.2) is 4.79 Å². The van der Waals surface area contributed by atoms with E-state index in [9.17, 15) is 9.90 Å². The number of rotatable bonds is 2. The minimum Gasteiger partial charge on any atom is -0.394 e. The van der Waals surface area contributed by atoms with E-state index in [1.165, 1.54) is 16.8 Å². The number of hydrogen-bond donors (Lipinski definition) is 2. The quantitative estimate of drug-likeness (QED) is 0.734. The Morgan fingerprint density at radius 2 is 2.15 bits per heavy atom. The molecule has 0 saturated carbocycles. The van der Waals surface area contributed by atoms with Gasteiger partial charge >= 0.3 is 5.69 Å². The molecule has 0 aromatic carbocycles. The number of fused-ring (bicyclic) bond motifs is 1. The summed E-state index contributed by atoms with van der Waals surface area (Å²) in [6, 6.07) is 1.51. The van der Waals surface area contributed by atoms with Crippen molar-refractivity contribution in [2.24, 2.45) is 0 Å². The Kier molecular flexibility index (Phi) is 3.05. The van der Waals surface area contributed by atoms with Gasteiger partial charge in [-0.2, -0.15) is 4.98 Å². The van der Waals surface area contributed by atoms with Gasteiger partial charge in [0.1, 0.15) is 24.1 Å². The number of aliphatic hydroxyl groups excluding tert-OH is 1. The van der Waals surface area contributed by atoms with Crippen molar-refractivity contribution in [3.63, 3.8) is 0 Å². The van der Waals surface area contributed by atoms with Crippen LogP contribution in [0.3, 0.4) is 0 Å². The first kappa shape index (κ1) is 13.5. The second-order valence-electron chi connectivity index (χ2n) is 5.35. The summed E-state index contributed by atoms with van der Waals surface area (Å²) in [4.78, 5) is 15.6. The average Bonchev–Trinajstić information content (AvgIpc) is 2.83. The molecule has 2 saturated heterocycles. The second-order valence-corrected chi connectivity index (χ2v) is 5.35. The first-order chi connectivity index (χ1) is 9.41. The maximum Gasteiger partial charge on any atom is 0.351 e. The molecule has 0 spiro atoms. The summed E-state index contributed by atoms with van der Waals surface area (Å²) in [6.07, 6.45) is -0.647. The molecule has 1 aromatic heterocycles. The summed E-state index contributed by atoms with van der Waals surface area (Å²) in [5, 5.41) is 9.38. The number of aliphatic hydroxyl groups is 1. The number of nitrogens with two attached hydrogens (primary N) is 1. The van der Waals surface area contributed by atoms with E-state index in [1.807, 2.05) is 0 Å². The predicted octanol–water partition coefficient (Wildman–Crippen LogP) is -0.765. The molecule has 0 aliphatic carbocycles. The van der Waals surface area contributed by atoms with E-state index in [0.717, 1.165) is 0 Å². The lowest BCUT2D eigenvalue weighted by atomic mass is 10.1. The van der Waals surface area contributed by atoms with Crippen LogP contribution in [0.15, 0.2) is 17.1 Å². The lowest BCUT2D eigenvalue weighted by Crippen LogP contribution is -2.35. The summed E-state index contributed by atoms with van der Waals surface area (Å²) in [5.74, 6) is -0.640. The van der Waals surface area contributed by atoms with Crippen molar-refractivity contribution in [1.29, 1.82) is 0 Å². The number of nitrogen functional groups attached to an aromatic ring is 1. The number of nitrogens with zero attached hydrogens (tertiary/aromatic N) is 2. The molecule has 0 radical (unpaired) electrons. The maximum atomic E-state index is 11.9. The first-order valence-corrected chi connectivity index (χ1v) is 6.38. The molecule has 3 N–H and O–H groups in total. The van der Waals surface area contributed by atoms with Gasteiger partial charge in [0, 0.05) is 6.20 Å². The van der Waals surface area contributed by atoms with Crippen LogP contribution in [0.4, 0.5) is 5.82 Å². The summed E-state index contributed by atoms with van der Waals surface area (Å²) in [7, 11) is 0. The molecule has 0 amide bonds. The first-order valence-electron chi connectivity index (χ1n) is 6.38. The zero-order valence-electron chi connectivity index (χ0n) is 11.2. The van der Waals surface area contributed by atoms with Gasteiger partial charge in [0.2, 0.25) is 0 Å². The van der Waals surface area contributed by atoms with Crippen LogP contribution in [-0.2, 0) is 14.2 Å². The molecule has 110 valence electrons. The van der Waals surface area contributed by atoms with Crippen molar-refractivity contribution in [3.8, 4) is 0 Å². The number of hydrogen-bond acceptors (Lipinski definition) is 7. The molecule has 0 unspecified atom stereocenters. The molecule has 20 heavy (non-hydrogen) atoms. The second kappa shape index (κ2) is 4.52. The highest BCUT2D eigenvalue weighted by Gasteiger charge is 2.55.